The number of halogens is 1. The van der Waals surface area contributed by atoms with E-state index < -0.39 is 0 Å². The molecule has 19 heavy (non-hydrogen) atoms. The number of hydrogen-bond acceptors (Lipinski definition) is 3. The summed E-state index contributed by atoms with van der Waals surface area (Å²) in [5, 5.41) is 3.64. The Hall–Kier alpha value is -1.10. The molecule has 1 aromatic rings. The summed E-state index contributed by atoms with van der Waals surface area (Å²) < 4.78 is 5.08. The molecule has 3 N–H and O–H groups in total. The molecule has 2 unspecified atom stereocenters. The maximum Gasteiger partial charge on any atom is 0.222 e. The molecule has 1 rings (SSSR count). The second-order valence-corrected chi connectivity index (χ2v) is 4.97. The quantitative estimate of drug-likeness (QED) is 0.802. The average Bonchev–Trinajstić information content (AvgIpc) is 2.38. The summed E-state index contributed by atoms with van der Waals surface area (Å²) in [5.41, 5.74) is 6.51. The predicted octanol–water partition coefficient (Wildman–Crippen LogP) is 1.75. The highest BCUT2D eigenvalue weighted by Crippen LogP contribution is 2.16. The summed E-state index contributed by atoms with van der Waals surface area (Å²) in [6.07, 6.45) is 0.749. The molecule has 0 saturated carbocycles. The number of hydrogen-bond donors (Lipinski definition) is 2. The van der Waals surface area contributed by atoms with E-state index in [0.717, 1.165) is 10.6 Å². The maximum absolute atomic E-state index is 11.8. The van der Waals surface area contributed by atoms with Gasteiger partial charge < -0.3 is 15.8 Å². The fourth-order valence-corrected chi connectivity index (χ4v) is 2.06. The first-order valence-corrected chi connectivity index (χ1v) is 6.70. The van der Waals surface area contributed by atoms with Crippen LogP contribution in [0, 0.1) is 0 Å². The number of carbonyl (C=O) groups is 1. The summed E-state index contributed by atoms with van der Waals surface area (Å²) in [5.74, 6) is -0.0585. The molecule has 0 saturated heterocycles. The van der Waals surface area contributed by atoms with Crippen LogP contribution in [0.15, 0.2) is 24.3 Å². The fourth-order valence-electron chi connectivity index (χ4n) is 1.85. The number of carbonyl (C=O) groups excluding carboxylic acids is 1. The van der Waals surface area contributed by atoms with Crippen LogP contribution in [0.3, 0.4) is 0 Å². The van der Waals surface area contributed by atoms with Crippen molar-refractivity contribution in [3.05, 3.63) is 34.9 Å². The van der Waals surface area contributed by atoms with Crippen LogP contribution >= 0.6 is 11.6 Å². The van der Waals surface area contributed by atoms with Crippen LogP contribution in [0.25, 0.3) is 0 Å². The van der Waals surface area contributed by atoms with Gasteiger partial charge in [0.05, 0.1) is 12.5 Å². The van der Waals surface area contributed by atoms with Crippen LogP contribution in [0.2, 0.25) is 5.02 Å². The number of ether oxygens (including phenoxy) is 1. The van der Waals surface area contributed by atoms with Gasteiger partial charge in [0.2, 0.25) is 5.91 Å². The van der Waals surface area contributed by atoms with Crippen molar-refractivity contribution in [2.45, 2.75) is 31.9 Å². The van der Waals surface area contributed by atoms with Crippen molar-refractivity contribution in [3.63, 3.8) is 0 Å². The van der Waals surface area contributed by atoms with Gasteiger partial charge in [-0.3, -0.25) is 4.79 Å². The van der Waals surface area contributed by atoms with Gasteiger partial charge in [0.15, 0.2) is 0 Å². The SMILES string of the molecule is COC(CN)CC(=O)NC(C)Cc1ccccc1Cl. The zero-order chi connectivity index (χ0) is 14.3. The minimum absolute atomic E-state index is 0.0164. The largest absolute Gasteiger partial charge is 0.380 e. The summed E-state index contributed by atoms with van der Waals surface area (Å²) in [6.45, 7) is 2.29. The van der Waals surface area contributed by atoms with Gasteiger partial charge in [-0.05, 0) is 25.0 Å². The molecule has 0 aliphatic carbocycles. The van der Waals surface area contributed by atoms with E-state index in [4.69, 9.17) is 22.1 Å². The van der Waals surface area contributed by atoms with E-state index in [1.807, 2.05) is 31.2 Å². The average molecular weight is 285 g/mol. The Morgan fingerprint density at radius 3 is 2.74 bits per heavy atom. The summed E-state index contributed by atoms with van der Waals surface area (Å²) in [7, 11) is 1.55. The van der Waals surface area contributed by atoms with Gasteiger partial charge in [0.1, 0.15) is 0 Å². The van der Waals surface area contributed by atoms with E-state index in [2.05, 4.69) is 5.32 Å². The van der Waals surface area contributed by atoms with Gasteiger partial charge in [-0.2, -0.15) is 0 Å². The third kappa shape index (κ3) is 5.59. The molecule has 0 radical (unpaired) electrons. The second-order valence-electron chi connectivity index (χ2n) is 4.56. The highest BCUT2D eigenvalue weighted by Gasteiger charge is 2.14. The van der Waals surface area contributed by atoms with Gasteiger partial charge in [-0.25, -0.2) is 0 Å². The minimum atomic E-state index is -0.229. The van der Waals surface area contributed by atoms with E-state index >= 15 is 0 Å². The number of methoxy groups -OCH3 is 1. The standard InChI is InChI=1S/C14H21ClN2O2/c1-10(7-11-5-3-4-6-13(11)15)17-14(18)8-12(9-16)19-2/h3-6,10,12H,7-9,16H2,1-2H3,(H,17,18). The topological polar surface area (TPSA) is 64.3 Å². The lowest BCUT2D eigenvalue weighted by Gasteiger charge is -2.17. The van der Waals surface area contributed by atoms with Crippen molar-refractivity contribution < 1.29 is 9.53 Å². The zero-order valence-corrected chi connectivity index (χ0v) is 12.1. The monoisotopic (exact) mass is 284 g/mol. The summed E-state index contributed by atoms with van der Waals surface area (Å²) >= 11 is 6.08. The van der Waals surface area contributed by atoms with E-state index in [0.29, 0.717) is 13.0 Å². The van der Waals surface area contributed by atoms with Crippen LogP contribution in [-0.2, 0) is 16.0 Å². The molecule has 0 fully saturated rings. The smallest absolute Gasteiger partial charge is 0.222 e. The highest BCUT2D eigenvalue weighted by molar-refractivity contribution is 6.31. The molecule has 0 aliphatic heterocycles. The molecule has 0 bridgehead atoms. The lowest BCUT2D eigenvalue weighted by Crippen LogP contribution is -2.38. The number of nitrogens with two attached hydrogens (primary N) is 1. The molecule has 5 heteroatoms. The Bertz CT molecular complexity index is 408. The molecule has 4 nitrogen and oxygen atoms in total. The highest BCUT2D eigenvalue weighted by atomic mass is 35.5. The van der Waals surface area contributed by atoms with Gasteiger partial charge in [-0.1, -0.05) is 29.8 Å². The lowest BCUT2D eigenvalue weighted by molar-refractivity contribution is -0.123. The van der Waals surface area contributed by atoms with Gasteiger partial charge in [0.25, 0.3) is 0 Å². The molecule has 1 amide bonds. The molecule has 0 heterocycles. The number of nitrogens with one attached hydrogen (secondary N) is 1. The predicted molar refractivity (Wildman–Crippen MR) is 77.2 cm³/mol. The number of benzene rings is 1. The number of amides is 1. The van der Waals surface area contributed by atoms with Crippen molar-refractivity contribution >= 4 is 17.5 Å². The third-order valence-corrected chi connectivity index (χ3v) is 3.27. The van der Waals surface area contributed by atoms with Gasteiger partial charge >= 0.3 is 0 Å². The Kier molecular flexibility index (Phi) is 6.84. The Morgan fingerprint density at radius 1 is 1.47 bits per heavy atom. The van der Waals surface area contributed by atoms with Crippen LogP contribution in [0.4, 0.5) is 0 Å². The van der Waals surface area contributed by atoms with Crippen molar-refractivity contribution in [1.29, 1.82) is 0 Å². The Balaban J connectivity index is 2.45. The summed E-state index contributed by atoms with van der Waals surface area (Å²) in [4.78, 5) is 11.8. The first-order chi connectivity index (χ1) is 9.06. The molecular weight excluding hydrogens is 264 g/mol. The minimum Gasteiger partial charge on any atom is -0.380 e. The Labute approximate surface area is 119 Å². The van der Waals surface area contributed by atoms with Crippen molar-refractivity contribution in [1.82, 2.24) is 5.32 Å². The van der Waals surface area contributed by atoms with Crippen LogP contribution < -0.4 is 11.1 Å². The van der Waals surface area contributed by atoms with Crippen molar-refractivity contribution in [2.75, 3.05) is 13.7 Å². The second kappa shape index (κ2) is 8.15. The third-order valence-electron chi connectivity index (χ3n) is 2.90. The first-order valence-electron chi connectivity index (χ1n) is 6.32. The van der Waals surface area contributed by atoms with E-state index in [9.17, 15) is 4.79 Å². The first kappa shape index (κ1) is 16.0. The molecule has 106 valence electrons. The van der Waals surface area contributed by atoms with Crippen molar-refractivity contribution in [2.24, 2.45) is 5.73 Å². The van der Waals surface area contributed by atoms with Crippen molar-refractivity contribution in [3.8, 4) is 0 Å². The Morgan fingerprint density at radius 2 is 2.16 bits per heavy atom. The molecule has 0 spiro atoms. The van der Waals surface area contributed by atoms with Crippen LogP contribution in [0.5, 0.6) is 0 Å². The van der Waals surface area contributed by atoms with E-state index in [1.54, 1.807) is 7.11 Å². The van der Waals surface area contributed by atoms with E-state index in [-0.39, 0.29) is 24.5 Å². The maximum atomic E-state index is 11.8. The lowest BCUT2D eigenvalue weighted by atomic mass is 10.1. The summed E-state index contributed by atoms with van der Waals surface area (Å²) in [6, 6.07) is 7.65. The molecule has 0 aliphatic rings. The van der Waals surface area contributed by atoms with Gasteiger partial charge in [-0.15, -0.1) is 0 Å². The van der Waals surface area contributed by atoms with Crippen LogP contribution in [0.1, 0.15) is 18.9 Å². The molecule has 2 atom stereocenters. The van der Waals surface area contributed by atoms with Gasteiger partial charge in [0, 0.05) is 24.7 Å². The normalized spacial score (nSPS) is 13.9. The van der Waals surface area contributed by atoms with Crippen LogP contribution in [-0.4, -0.2) is 31.7 Å². The molecule has 1 aromatic carbocycles. The zero-order valence-electron chi connectivity index (χ0n) is 11.4. The molecule has 0 aromatic heterocycles. The number of rotatable bonds is 7. The van der Waals surface area contributed by atoms with E-state index in [1.165, 1.54) is 0 Å². The molecular formula is C14H21ClN2O2. The fraction of sp³-hybridized carbons (Fsp3) is 0.500.